The predicted molar refractivity (Wildman–Crippen MR) is 79.3 cm³/mol. The molecule has 20 heavy (non-hydrogen) atoms. The van der Waals surface area contributed by atoms with Crippen molar-refractivity contribution in [3.05, 3.63) is 34.8 Å². The largest absolute Gasteiger partial charge is 0.497 e. The number of benzene rings is 1. The summed E-state index contributed by atoms with van der Waals surface area (Å²) in [4.78, 5) is 15.8. The summed E-state index contributed by atoms with van der Waals surface area (Å²) in [5.74, 6) is -0.152. The van der Waals surface area contributed by atoms with Crippen LogP contribution in [0.5, 0.6) is 5.75 Å². The van der Waals surface area contributed by atoms with E-state index in [1.807, 2.05) is 31.2 Å². The lowest BCUT2D eigenvalue weighted by molar-refractivity contribution is 0.0700. The standard InChI is InChI=1S/C14H16N2O3S/c1-3-4-11-12(13(17)18)20-14(16-11)15-9-5-7-10(19-2)8-6-9/h5-8H,3-4H2,1-2H3,(H,15,16)(H,17,18). The zero-order valence-electron chi connectivity index (χ0n) is 11.3. The Kier molecular flexibility index (Phi) is 4.57. The van der Waals surface area contributed by atoms with Gasteiger partial charge in [0, 0.05) is 5.69 Å². The molecule has 1 aromatic heterocycles. The molecule has 0 amide bonds. The molecule has 2 aromatic rings. The number of aryl methyl sites for hydroxylation is 1. The molecule has 0 saturated carbocycles. The van der Waals surface area contributed by atoms with E-state index in [2.05, 4.69) is 10.3 Å². The molecule has 0 spiro atoms. The smallest absolute Gasteiger partial charge is 0.347 e. The Morgan fingerprint density at radius 2 is 2.10 bits per heavy atom. The molecule has 0 aliphatic rings. The molecule has 1 heterocycles. The number of rotatable bonds is 6. The number of carboxylic acids is 1. The fourth-order valence-electron chi connectivity index (χ4n) is 1.78. The maximum Gasteiger partial charge on any atom is 0.347 e. The van der Waals surface area contributed by atoms with Crippen LogP contribution in [0.1, 0.15) is 28.7 Å². The average molecular weight is 292 g/mol. The molecule has 5 nitrogen and oxygen atoms in total. The molecular weight excluding hydrogens is 276 g/mol. The molecule has 0 aliphatic carbocycles. The zero-order valence-corrected chi connectivity index (χ0v) is 12.2. The van der Waals surface area contributed by atoms with Crippen molar-refractivity contribution in [2.45, 2.75) is 19.8 Å². The number of aromatic nitrogens is 1. The molecule has 0 fully saturated rings. The van der Waals surface area contributed by atoms with Gasteiger partial charge in [0.1, 0.15) is 10.6 Å². The Balaban J connectivity index is 2.19. The van der Waals surface area contributed by atoms with Crippen LogP contribution in [0.25, 0.3) is 0 Å². The van der Waals surface area contributed by atoms with Gasteiger partial charge in [-0.05, 0) is 30.7 Å². The van der Waals surface area contributed by atoms with Crippen LogP contribution in [0.3, 0.4) is 0 Å². The lowest BCUT2D eigenvalue weighted by Crippen LogP contribution is -1.98. The minimum Gasteiger partial charge on any atom is -0.497 e. The molecular formula is C14H16N2O3S. The van der Waals surface area contributed by atoms with Crippen LogP contribution in [0.15, 0.2) is 24.3 Å². The summed E-state index contributed by atoms with van der Waals surface area (Å²) in [6.07, 6.45) is 1.54. The Morgan fingerprint density at radius 3 is 2.65 bits per heavy atom. The molecule has 0 atom stereocenters. The quantitative estimate of drug-likeness (QED) is 0.852. The normalized spacial score (nSPS) is 10.3. The first kappa shape index (κ1) is 14.3. The van der Waals surface area contributed by atoms with E-state index in [1.54, 1.807) is 7.11 Å². The number of carboxylic acid groups (broad SMARTS) is 1. The van der Waals surface area contributed by atoms with E-state index in [-0.39, 0.29) is 0 Å². The van der Waals surface area contributed by atoms with Gasteiger partial charge >= 0.3 is 5.97 Å². The van der Waals surface area contributed by atoms with Crippen molar-refractivity contribution in [1.82, 2.24) is 4.98 Å². The molecule has 1 aromatic carbocycles. The van der Waals surface area contributed by atoms with Crippen molar-refractivity contribution in [3.8, 4) is 5.75 Å². The second-order valence-corrected chi connectivity index (χ2v) is 5.20. The number of methoxy groups -OCH3 is 1. The second-order valence-electron chi connectivity index (χ2n) is 4.20. The van der Waals surface area contributed by atoms with Crippen molar-refractivity contribution < 1.29 is 14.6 Å². The summed E-state index contributed by atoms with van der Waals surface area (Å²) < 4.78 is 5.09. The highest BCUT2D eigenvalue weighted by molar-refractivity contribution is 7.17. The van der Waals surface area contributed by atoms with Crippen LogP contribution in [0, 0.1) is 0 Å². The topological polar surface area (TPSA) is 71.5 Å². The summed E-state index contributed by atoms with van der Waals surface area (Å²) in [7, 11) is 1.61. The number of nitrogens with zero attached hydrogens (tertiary/aromatic N) is 1. The zero-order chi connectivity index (χ0) is 14.5. The first-order valence-electron chi connectivity index (χ1n) is 6.28. The van der Waals surface area contributed by atoms with Crippen LogP contribution in [-0.4, -0.2) is 23.2 Å². The van der Waals surface area contributed by atoms with Gasteiger partial charge in [-0.3, -0.25) is 0 Å². The van der Waals surface area contributed by atoms with Crippen molar-refractivity contribution >= 4 is 28.1 Å². The maximum atomic E-state index is 11.2. The van der Waals surface area contributed by atoms with Crippen molar-refractivity contribution in [2.75, 3.05) is 12.4 Å². The Hall–Kier alpha value is -2.08. The summed E-state index contributed by atoms with van der Waals surface area (Å²) in [6.45, 7) is 2.00. The number of nitrogens with one attached hydrogen (secondary N) is 1. The maximum absolute atomic E-state index is 11.2. The Labute approximate surface area is 121 Å². The summed E-state index contributed by atoms with van der Waals surface area (Å²) in [6, 6.07) is 7.39. The number of anilines is 2. The number of hydrogen-bond acceptors (Lipinski definition) is 5. The lowest BCUT2D eigenvalue weighted by atomic mass is 10.2. The van der Waals surface area contributed by atoms with Gasteiger partial charge in [0.2, 0.25) is 0 Å². The second kappa shape index (κ2) is 6.38. The first-order chi connectivity index (χ1) is 9.63. The Bertz CT molecular complexity index is 593. The molecule has 106 valence electrons. The van der Waals surface area contributed by atoms with Gasteiger partial charge < -0.3 is 15.2 Å². The molecule has 0 radical (unpaired) electrons. The van der Waals surface area contributed by atoms with E-state index in [1.165, 1.54) is 0 Å². The summed E-state index contributed by atoms with van der Waals surface area (Å²) in [5.41, 5.74) is 1.49. The minimum absolute atomic E-state index is 0.308. The van der Waals surface area contributed by atoms with E-state index >= 15 is 0 Å². The third-order valence-electron chi connectivity index (χ3n) is 2.72. The average Bonchev–Trinajstić information content (AvgIpc) is 2.83. The van der Waals surface area contributed by atoms with E-state index < -0.39 is 5.97 Å². The molecule has 2 rings (SSSR count). The number of carbonyl (C=O) groups is 1. The van der Waals surface area contributed by atoms with Gasteiger partial charge in [-0.25, -0.2) is 9.78 Å². The molecule has 6 heteroatoms. The highest BCUT2D eigenvalue weighted by atomic mass is 32.1. The van der Waals surface area contributed by atoms with Gasteiger partial charge in [0.25, 0.3) is 0 Å². The molecule has 0 bridgehead atoms. The Morgan fingerprint density at radius 1 is 1.40 bits per heavy atom. The highest BCUT2D eigenvalue weighted by Gasteiger charge is 2.16. The van der Waals surface area contributed by atoms with Crippen molar-refractivity contribution in [2.24, 2.45) is 0 Å². The van der Waals surface area contributed by atoms with Crippen LogP contribution in [0.4, 0.5) is 10.8 Å². The number of hydrogen-bond donors (Lipinski definition) is 2. The van der Waals surface area contributed by atoms with Gasteiger partial charge in [0.15, 0.2) is 5.13 Å². The number of ether oxygens (including phenoxy) is 1. The van der Waals surface area contributed by atoms with Crippen molar-refractivity contribution in [1.29, 1.82) is 0 Å². The molecule has 0 unspecified atom stereocenters. The van der Waals surface area contributed by atoms with Crippen LogP contribution in [-0.2, 0) is 6.42 Å². The number of thiazole rings is 1. The van der Waals surface area contributed by atoms with Crippen LogP contribution in [0.2, 0.25) is 0 Å². The first-order valence-corrected chi connectivity index (χ1v) is 7.09. The highest BCUT2D eigenvalue weighted by Crippen LogP contribution is 2.27. The van der Waals surface area contributed by atoms with E-state index in [0.29, 0.717) is 22.1 Å². The third-order valence-corrected chi connectivity index (χ3v) is 3.72. The van der Waals surface area contributed by atoms with Gasteiger partial charge in [0.05, 0.1) is 12.8 Å². The number of aromatic carboxylic acids is 1. The van der Waals surface area contributed by atoms with Gasteiger partial charge in [-0.15, -0.1) is 0 Å². The third kappa shape index (κ3) is 3.27. The van der Waals surface area contributed by atoms with Crippen LogP contribution < -0.4 is 10.1 Å². The minimum atomic E-state index is -0.922. The fourth-order valence-corrected chi connectivity index (χ4v) is 2.65. The van der Waals surface area contributed by atoms with E-state index in [9.17, 15) is 4.79 Å². The monoisotopic (exact) mass is 292 g/mol. The van der Waals surface area contributed by atoms with Crippen LogP contribution >= 0.6 is 11.3 Å². The summed E-state index contributed by atoms with van der Waals surface area (Å²) in [5, 5.41) is 12.9. The fraction of sp³-hybridized carbons (Fsp3) is 0.286. The molecule has 0 aliphatic heterocycles. The molecule has 2 N–H and O–H groups in total. The predicted octanol–water partition coefficient (Wildman–Crippen LogP) is 3.55. The SMILES string of the molecule is CCCc1nc(Nc2ccc(OC)cc2)sc1C(=O)O. The van der Waals surface area contributed by atoms with E-state index in [0.717, 1.165) is 29.2 Å². The lowest BCUT2D eigenvalue weighted by Gasteiger charge is -2.03. The van der Waals surface area contributed by atoms with Gasteiger partial charge in [-0.2, -0.15) is 0 Å². The molecule has 0 saturated heterocycles. The van der Waals surface area contributed by atoms with E-state index in [4.69, 9.17) is 9.84 Å². The van der Waals surface area contributed by atoms with Gasteiger partial charge in [-0.1, -0.05) is 24.7 Å². The van der Waals surface area contributed by atoms with Crippen molar-refractivity contribution in [3.63, 3.8) is 0 Å². The summed E-state index contributed by atoms with van der Waals surface area (Å²) >= 11 is 1.16.